The molecule has 1 rings (SSSR count). The minimum Gasteiger partial charge on any atom is -0.480 e. The Morgan fingerprint density at radius 2 is 2.05 bits per heavy atom. The van der Waals surface area contributed by atoms with Crippen LogP contribution in [0.1, 0.15) is 49.9 Å². The summed E-state index contributed by atoms with van der Waals surface area (Å²) in [5.41, 5.74) is 0.467. The van der Waals surface area contributed by atoms with Gasteiger partial charge in [0.05, 0.1) is 5.56 Å². The van der Waals surface area contributed by atoms with Crippen LogP contribution in [0.5, 0.6) is 0 Å². The molecule has 1 unspecified atom stereocenters. The zero-order chi connectivity index (χ0) is 15.7. The van der Waals surface area contributed by atoms with Gasteiger partial charge in [-0.3, -0.25) is 4.79 Å². The highest BCUT2D eigenvalue weighted by Crippen LogP contribution is 2.10. The lowest BCUT2D eigenvalue weighted by molar-refractivity contribution is -0.138. The Bertz CT molecular complexity index is 460. The van der Waals surface area contributed by atoms with Crippen LogP contribution in [0.3, 0.4) is 0 Å². The summed E-state index contributed by atoms with van der Waals surface area (Å²) in [4.78, 5) is 27.0. The number of aromatic nitrogens is 1. The van der Waals surface area contributed by atoms with Crippen molar-refractivity contribution in [2.75, 3.05) is 11.9 Å². The third-order valence-corrected chi connectivity index (χ3v) is 3.03. The van der Waals surface area contributed by atoms with Crippen LogP contribution in [0.25, 0.3) is 0 Å². The third kappa shape index (κ3) is 5.81. The maximum absolute atomic E-state index is 11.7. The number of nitrogens with one attached hydrogen (secondary N) is 2. The highest BCUT2D eigenvalue weighted by atomic mass is 16.4. The standard InChI is InChI=1S/C15H23N3O3/c1-3-5-6-12(15(20)21)18-13-8-7-11(10-17-13)14(19)16-9-4-2/h7-8,10,12H,3-6,9H2,1-2H3,(H,16,19)(H,17,18)(H,20,21). The summed E-state index contributed by atoms with van der Waals surface area (Å²) in [6, 6.07) is 2.61. The Hall–Kier alpha value is -2.11. The van der Waals surface area contributed by atoms with Crippen LogP contribution in [0, 0.1) is 0 Å². The molecule has 0 aliphatic heterocycles. The van der Waals surface area contributed by atoms with Crippen LogP contribution >= 0.6 is 0 Å². The van der Waals surface area contributed by atoms with Gasteiger partial charge in [0, 0.05) is 12.7 Å². The van der Waals surface area contributed by atoms with Crippen LogP contribution in [0.4, 0.5) is 5.82 Å². The third-order valence-electron chi connectivity index (χ3n) is 3.03. The molecule has 0 aliphatic carbocycles. The summed E-state index contributed by atoms with van der Waals surface area (Å²) in [7, 11) is 0. The van der Waals surface area contributed by atoms with E-state index >= 15 is 0 Å². The fourth-order valence-electron chi connectivity index (χ4n) is 1.80. The first-order valence-electron chi connectivity index (χ1n) is 7.32. The van der Waals surface area contributed by atoms with Gasteiger partial charge in [-0.1, -0.05) is 26.7 Å². The van der Waals surface area contributed by atoms with Gasteiger partial charge in [-0.05, 0) is 25.0 Å². The summed E-state index contributed by atoms with van der Waals surface area (Å²) in [6.07, 6.45) is 4.64. The van der Waals surface area contributed by atoms with Crippen molar-refractivity contribution in [1.29, 1.82) is 0 Å². The molecule has 1 heterocycles. The molecule has 0 bridgehead atoms. The van der Waals surface area contributed by atoms with E-state index in [1.807, 2.05) is 13.8 Å². The normalized spacial score (nSPS) is 11.7. The minimum atomic E-state index is -0.894. The maximum atomic E-state index is 11.7. The van der Waals surface area contributed by atoms with Gasteiger partial charge in [-0.15, -0.1) is 0 Å². The first-order chi connectivity index (χ1) is 10.1. The topological polar surface area (TPSA) is 91.3 Å². The number of nitrogens with zero attached hydrogens (tertiary/aromatic N) is 1. The smallest absolute Gasteiger partial charge is 0.326 e. The van der Waals surface area contributed by atoms with Gasteiger partial charge in [0.2, 0.25) is 0 Å². The van der Waals surface area contributed by atoms with E-state index in [0.29, 0.717) is 24.3 Å². The van der Waals surface area contributed by atoms with Crippen molar-refractivity contribution in [3.63, 3.8) is 0 Å². The lowest BCUT2D eigenvalue weighted by Gasteiger charge is -2.14. The van der Waals surface area contributed by atoms with Crippen LogP contribution < -0.4 is 10.6 Å². The number of rotatable bonds is 9. The predicted octanol–water partition coefficient (Wildman–Crippen LogP) is 2.28. The van der Waals surface area contributed by atoms with Gasteiger partial charge in [-0.25, -0.2) is 9.78 Å². The summed E-state index contributed by atoms with van der Waals surface area (Å²) >= 11 is 0. The maximum Gasteiger partial charge on any atom is 0.326 e. The summed E-state index contributed by atoms with van der Waals surface area (Å²) < 4.78 is 0. The summed E-state index contributed by atoms with van der Waals surface area (Å²) in [5, 5.41) is 14.8. The number of anilines is 1. The second-order valence-electron chi connectivity index (χ2n) is 4.87. The molecule has 6 nitrogen and oxygen atoms in total. The number of amides is 1. The van der Waals surface area contributed by atoms with Crippen molar-refractivity contribution in [1.82, 2.24) is 10.3 Å². The Morgan fingerprint density at radius 3 is 2.57 bits per heavy atom. The fraction of sp³-hybridized carbons (Fsp3) is 0.533. The number of carbonyl (C=O) groups is 2. The highest BCUT2D eigenvalue weighted by molar-refractivity contribution is 5.94. The number of carboxylic acids is 1. The van der Waals surface area contributed by atoms with Gasteiger partial charge in [0.15, 0.2) is 0 Å². The highest BCUT2D eigenvalue weighted by Gasteiger charge is 2.17. The molecule has 0 spiro atoms. The first kappa shape index (κ1) is 16.9. The van der Waals surface area contributed by atoms with E-state index in [1.54, 1.807) is 12.1 Å². The molecule has 0 fully saturated rings. The van der Waals surface area contributed by atoms with Gasteiger partial charge in [0.1, 0.15) is 11.9 Å². The van der Waals surface area contributed by atoms with Crippen molar-refractivity contribution in [3.05, 3.63) is 23.9 Å². The number of hydrogen-bond donors (Lipinski definition) is 3. The van der Waals surface area contributed by atoms with E-state index in [9.17, 15) is 9.59 Å². The van der Waals surface area contributed by atoms with E-state index in [1.165, 1.54) is 6.20 Å². The molecule has 21 heavy (non-hydrogen) atoms. The van der Waals surface area contributed by atoms with Crippen molar-refractivity contribution in [2.24, 2.45) is 0 Å². The Labute approximate surface area is 125 Å². The molecular formula is C15H23N3O3. The molecule has 6 heteroatoms. The molecule has 3 N–H and O–H groups in total. The number of carbonyl (C=O) groups excluding carboxylic acids is 1. The first-order valence-corrected chi connectivity index (χ1v) is 7.32. The number of carboxylic acid groups (broad SMARTS) is 1. The molecule has 1 amide bonds. The number of pyridine rings is 1. The summed E-state index contributed by atoms with van der Waals surface area (Å²) in [5.74, 6) is -0.600. The second kappa shape index (κ2) is 8.94. The van der Waals surface area contributed by atoms with Crippen LogP contribution in [0.2, 0.25) is 0 Å². The molecule has 0 saturated heterocycles. The Kier molecular flexibility index (Phi) is 7.21. The Morgan fingerprint density at radius 1 is 1.29 bits per heavy atom. The van der Waals surface area contributed by atoms with Crippen molar-refractivity contribution < 1.29 is 14.7 Å². The van der Waals surface area contributed by atoms with Crippen molar-refractivity contribution in [2.45, 2.75) is 45.6 Å². The van der Waals surface area contributed by atoms with Gasteiger partial charge >= 0.3 is 5.97 Å². The monoisotopic (exact) mass is 293 g/mol. The number of hydrogen-bond acceptors (Lipinski definition) is 4. The summed E-state index contributed by atoms with van der Waals surface area (Å²) in [6.45, 7) is 4.62. The fourth-order valence-corrected chi connectivity index (χ4v) is 1.80. The molecule has 1 aromatic heterocycles. The average Bonchev–Trinajstić information content (AvgIpc) is 2.49. The van der Waals surface area contributed by atoms with Crippen molar-refractivity contribution in [3.8, 4) is 0 Å². The quantitative estimate of drug-likeness (QED) is 0.649. The zero-order valence-electron chi connectivity index (χ0n) is 12.6. The van der Waals surface area contributed by atoms with E-state index in [-0.39, 0.29) is 5.91 Å². The lowest BCUT2D eigenvalue weighted by Crippen LogP contribution is -2.29. The molecule has 0 aliphatic rings. The number of aliphatic carboxylic acids is 1. The zero-order valence-corrected chi connectivity index (χ0v) is 12.6. The molecule has 1 aromatic rings. The van der Waals surface area contributed by atoms with E-state index in [4.69, 9.17) is 5.11 Å². The van der Waals surface area contributed by atoms with E-state index in [0.717, 1.165) is 19.3 Å². The molecule has 116 valence electrons. The van der Waals surface area contributed by atoms with Crippen LogP contribution in [0.15, 0.2) is 18.3 Å². The predicted molar refractivity (Wildman–Crippen MR) is 81.4 cm³/mol. The van der Waals surface area contributed by atoms with Gasteiger partial charge < -0.3 is 15.7 Å². The van der Waals surface area contributed by atoms with E-state index < -0.39 is 12.0 Å². The molecule has 0 saturated carbocycles. The van der Waals surface area contributed by atoms with Crippen LogP contribution in [-0.2, 0) is 4.79 Å². The van der Waals surface area contributed by atoms with Crippen molar-refractivity contribution >= 4 is 17.7 Å². The average molecular weight is 293 g/mol. The largest absolute Gasteiger partial charge is 0.480 e. The van der Waals surface area contributed by atoms with E-state index in [2.05, 4.69) is 15.6 Å². The van der Waals surface area contributed by atoms with Gasteiger partial charge in [-0.2, -0.15) is 0 Å². The van der Waals surface area contributed by atoms with Crippen LogP contribution in [-0.4, -0.2) is 34.6 Å². The molecule has 0 aromatic carbocycles. The number of unbranched alkanes of at least 4 members (excludes halogenated alkanes) is 1. The Balaban J connectivity index is 2.64. The second-order valence-corrected chi connectivity index (χ2v) is 4.87. The molecule has 0 radical (unpaired) electrons. The molecular weight excluding hydrogens is 270 g/mol. The lowest BCUT2D eigenvalue weighted by atomic mass is 10.1. The minimum absolute atomic E-state index is 0.170. The molecule has 1 atom stereocenters. The SMILES string of the molecule is CCCCC(Nc1ccc(C(=O)NCCC)cn1)C(=O)O. The van der Waals surface area contributed by atoms with Gasteiger partial charge in [0.25, 0.3) is 5.91 Å².